The van der Waals surface area contributed by atoms with Crippen molar-refractivity contribution in [3.63, 3.8) is 0 Å². The van der Waals surface area contributed by atoms with E-state index in [1.807, 2.05) is 6.20 Å². The molecule has 2 aliphatic rings. The van der Waals surface area contributed by atoms with Crippen LogP contribution in [0.3, 0.4) is 0 Å². The number of anilines is 2. The number of esters is 2. The number of allylic oxidation sites excluding steroid dienone is 2. The van der Waals surface area contributed by atoms with E-state index in [-0.39, 0.29) is 41.4 Å². The molecule has 286 valence electrons. The lowest BCUT2D eigenvalue weighted by Crippen LogP contribution is -2.35. The van der Waals surface area contributed by atoms with E-state index in [4.69, 9.17) is 9.47 Å². The lowest BCUT2D eigenvalue weighted by atomic mass is 9.76. The highest BCUT2D eigenvalue weighted by Crippen LogP contribution is 2.40. The highest BCUT2D eigenvalue weighted by molar-refractivity contribution is 5.98. The van der Waals surface area contributed by atoms with Gasteiger partial charge in [-0.2, -0.15) is 0 Å². The minimum Gasteiger partial charge on any atom is -0.465 e. The fourth-order valence-electron chi connectivity index (χ4n) is 7.15. The van der Waals surface area contributed by atoms with E-state index in [0.29, 0.717) is 31.5 Å². The summed E-state index contributed by atoms with van der Waals surface area (Å²) in [5, 5.41) is 0. The van der Waals surface area contributed by atoms with Crippen molar-refractivity contribution in [2.45, 2.75) is 152 Å². The van der Waals surface area contributed by atoms with E-state index < -0.39 is 0 Å². The summed E-state index contributed by atoms with van der Waals surface area (Å²) in [5.41, 5.74) is 4.17. The van der Waals surface area contributed by atoms with Crippen LogP contribution in [0.5, 0.6) is 0 Å². The number of rotatable bonds is 22. The van der Waals surface area contributed by atoms with Crippen LogP contribution in [-0.4, -0.2) is 44.0 Å². The second kappa shape index (κ2) is 20.8. The SMILES string of the molecule is CCCCC(CC)COC(=O)CCCC1=CN(c2ccc(N3C=C(C(=O)CCC(=O)OCC(CC)CCCC)C(C)(C)CC3)cc2)CCC1(C)C. The third-order valence-electron chi connectivity index (χ3n) is 11.4. The fraction of sp³-hybridized carbons (Fsp3) is 0.705. The molecule has 0 amide bonds. The van der Waals surface area contributed by atoms with E-state index >= 15 is 0 Å². The third-order valence-corrected chi connectivity index (χ3v) is 11.4. The molecule has 0 radical (unpaired) electrons. The number of benzene rings is 1. The van der Waals surface area contributed by atoms with Crippen molar-refractivity contribution in [3.8, 4) is 0 Å². The van der Waals surface area contributed by atoms with Crippen LogP contribution in [0, 0.1) is 22.7 Å². The van der Waals surface area contributed by atoms with Crippen LogP contribution in [0.25, 0.3) is 0 Å². The minimum atomic E-state index is -0.279. The Balaban J connectivity index is 1.58. The normalized spacial score (nSPS) is 18.0. The van der Waals surface area contributed by atoms with E-state index in [0.717, 1.165) is 94.2 Å². The molecular formula is C44H70N2O5. The number of carbonyl (C=O) groups is 3. The Morgan fingerprint density at radius 3 is 1.67 bits per heavy atom. The Bertz CT molecular complexity index is 1310. The number of hydrogen-bond donors (Lipinski definition) is 0. The predicted molar refractivity (Wildman–Crippen MR) is 211 cm³/mol. The number of ketones is 1. The standard InChI is InChI=1S/C44H70N2O5/c1-9-13-16-34(11-3)32-50-41(48)19-15-18-36-30-45(28-26-43(36,5)6)37-20-22-38(23-21-37)46-29-27-44(7,8)39(31-46)40(47)24-25-42(49)51-33-35(12-4)17-14-10-2/h20-23,30-31,34-35H,9-19,24-29,32-33H2,1-8H3. The van der Waals surface area contributed by atoms with E-state index in [1.54, 1.807) is 0 Å². The Morgan fingerprint density at radius 1 is 0.667 bits per heavy atom. The van der Waals surface area contributed by atoms with Crippen LogP contribution in [0.15, 0.2) is 47.8 Å². The first kappa shape index (κ1) is 42.3. The fourth-order valence-corrected chi connectivity index (χ4v) is 7.15. The maximum absolute atomic E-state index is 13.5. The van der Waals surface area contributed by atoms with Gasteiger partial charge in [-0.05, 0) is 91.0 Å². The molecule has 0 N–H and O–H groups in total. The molecule has 51 heavy (non-hydrogen) atoms. The summed E-state index contributed by atoms with van der Waals surface area (Å²) < 4.78 is 11.2. The summed E-state index contributed by atoms with van der Waals surface area (Å²) >= 11 is 0. The van der Waals surface area contributed by atoms with Crippen LogP contribution in [0.1, 0.15) is 152 Å². The van der Waals surface area contributed by atoms with Crippen LogP contribution in [0.4, 0.5) is 11.4 Å². The smallest absolute Gasteiger partial charge is 0.306 e. The van der Waals surface area contributed by atoms with Gasteiger partial charge in [-0.15, -0.1) is 0 Å². The summed E-state index contributed by atoms with van der Waals surface area (Å²) in [5.74, 6) is 0.532. The van der Waals surface area contributed by atoms with Crippen molar-refractivity contribution in [2.24, 2.45) is 22.7 Å². The molecule has 0 fully saturated rings. The third kappa shape index (κ3) is 13.4. The molecule has 0 aliphatic carbocycles. The van der Waals surface area contributed by atoms with Crippen LogP contribution in [-0.2, 0) is 23.9 Å². The van der Waals surface area contributed by atoms with Crippen molar-refractivity contribution >= 4 is 29.1 Å². The van der Waals surface area contributed by atoms with Gasteiger partial charge in [0.05, 0.1) is 19.6 Å². The van der Waals surface area contributed by atoms with Gasteiger partial charge in [0.25, 0.3) is 0 Å². The Labute approximate surface area is 310 Å². The minimum absolute atomic E-state index is 0.0234. The second-order valence-corrected chi connectivity index (χ2v) is 16.3. The lowest BCUT2D eigenvalue weighted by molar-refractivity contribution is -0.146. The summed E-state index contributed by atoms with van der Waals surface area (Å²) in [6.07, 6.45) is 17.5. The van der Waals surface area contributed by atoms with Crippen molar-refractivity contribution in [3.05, 3.63) is 47.8 Å². The van der Waals surface area contributed by atoms with Gasteiger partial charge >= 0.3 is 11.9 Å². The van der Waals surface area contributed by atoms with Gasteiger partial charge in [-0.3, -0.25) is 14.4 Å². The van der Waals surface area contributed by atoms with Gasteiger partial charge < -0.3 is 19.3 Å². The van der Waals surface area contributed by atoms with Crippen LogP contribution < -0.4 is 9.80 Å². The molecule has 1 aromatic carbocycles. The average molecular weight is 707 g/mol. The van der Waals surface area contributed by atoms with Crippen molar-refractivity contribution < 1.29 is 23.9 Å². The lowest BCUT2D eigenvalue weighted by Gasteiger charge is -2.38. The molecule has 2 unspecified atom stereocenters. The summed E-state index contributed by atoms with van der Waals surface area (Å²) in [7, 11) is 0. The van der Waals surface area contributed by atoms with Gasteiger partial charge in [0.15, 0.2) is 5.78 Å². The number of Topliss-reactive ketones (excluding diaryl/α,β-unsaturated/α-hetero) is 1. The molecule has 7 heteroatoms. The van der Waals surface area contributed by atoms with Gasteiger partial charge in [0.1, 0.15) is 0 Å². The zero-order valence-corrected chi connectivity index (χ0v) is 33.5. The molecule has 1 aromatic rings. The first-order valence-electron chi connectivity index (χ1n) is 20.2. The number of unbranched alkanes of at least 4 members (excludes halogenated alkanes) is 2. The molecule has 0 saturated heterocycles. The molecule has 0 saturated carbocycles. The van der Waals surface area contributed by atoms with Crippen molar-refractivity contribution in [1.29, 1.82) is 0 Å². The molecule has 0 aromatic heterocycles. The van der Waals surface area contributed by atoms with Gasteiger partial charge in [0.2, 0.25) is 0 Å². The van der Waals surface area contributed by atoms with Crippen molar-refractivity contribution in [2.75, 3.05) is 36.1 Å². The average Bonchev–Trinajstić information content (AvgIpc) is 3.11. The van der Waals surface area contributed by atoms with Gasteiger partial charge in [-0.25, -0.2) is 0 Å². The maximum atomic E-state index is 13.5. The monoisotopic (exact) mass is 707 g/mol. The van der Waals surface area contributed by atoms with E-state index in [9.17, 15) is 14.4 Å². The number of hydrogen-bond acceptors (Lipinski definition) is 7. The highest BCUT2D eigenvalue weighted by Gasteiger charge is 2.34. The number of ether oxygens (including phenoxy) is 2. The Kier molecular flexibility index (Phi) is 17.3. The topological polar surface area (TPSA) is 76.2 Å². The van der Waals surface area contributed by atoms with E-state index in [2.05, 4.69) is 95.7 Å². The molecule has 2 aliphatic heterocycles. The maximum Gasteiger partial charge on any atom is 0.306 e. The summed E-state index contributed by atoms with van der Waals surface area (Å²) in [6, 6.07) is 8.60. The van der Waals surface area contributed by atoms with Gasteiger partial charge in [0, 0.05) is 55.3 Å². The summed E-state index contributed by atoms with van der Waals surface area (Å²) in [4.78, 5) is 43.0. The molecular weight excluding hydrogens is 636 g/mol. The van der Waals surface area contributed by atoms with Crippen LogP contribution in [0.2, 0.25) is 0 Å². The molecule has 3 rings (SSSR count). The van der Waals surface area contributed by atoms with Gasteiger partial charge in [-0.1, -0.05) is 93.9 Å². The highest BCUT2D eigenvalue weighted by atomic mass is 16.5. The zero-order chi connectivity index (χ0) is 37.4. The van der Waals surface area contributed by atoms with E-state index in [1.165, 1.54) is 18.4 Å². The second-order valence-electron chi connectivity index (χ2n) is 16.3. The first-order chi connectivity index (χ1) is 24.3. The predicted octanol–water partition coefficient (Wildman–Crippen LogP) is 11.0. The van der Waals surface area contributed by atoms with Crippen LogP contribution >= 0.6 is 0 Å². The Morgan fingerprint density at radius 2 is 1.16 bits per heavy atom. The Hall–Kier alpha value is -3.09. The zero-order valence-electron chi connectivity index (χ0n) is 33.5. The summed E-state index contributed by atoms with van der Waals surface area (Å²) in [6.45, 7) is 20.3. The molecule has 0 bridgehead atoms. The number of nitrogens with zero attached hydrogens (tertiary/aromatic N) is 2. The molecule has 7 nitrogen and oxygen atoms in total. The first-order valence-corrected chi connectivity index (χ1v) is 20.2. The largest absolute Gasteiger partial charge is 0.465 e. The van der Waals surface area contributed by atoms with Crippen molar-refractivity contribution in [1.82, 2.24) is 0 Å². The molecule has 0 spiro atoms. The molecule has 2 atom stereocenters. The quantitative estimate of drug-likeness (QED) is 0.111. The molecule has 2 heterocycles. The number of carbonyl (C=O) groups excluding carboxylic acids is 3.